The van der Waals surface area contributed by atoms with E-state index >= 15 is 0 Å². The average molecular weight is 268 g/mol. The van der Waals surface area contributed by atoms with Crippen molar-refractivity contribution in [3.8, 4) is 5.75 Å². The molecule has 2 rings (SSSR count). The lowest BCUT2D eigenvalue weighted by Gasteiger charge is -2.46. The molecule has 1 saturated carbocycles. The Morgan fingerprint density at radius 3 is 2.47 bits per heavy atom. The van der Waals surface area contributed by atoms with Crippen molar-refractivity contribution in [3.63, 3.8) is 0 Å². The van der Waals surface area contributed by atoms with Gasteiger partial charge in [0.2, 0.25) is 0 Å². The number of aromatic nitrogens is 2. The van der Waals surface area contributed by atoms with E-state index in [0.29, 0.717) is 0 Å². The zero-order chi connectivity index (χ0) is 14.0. The second-order valence-corrected chi connectivity index (χ2v) is 5.36. The normalized spacial score (nSPS) is 19.3. The first-order valence-electron chi connectivity index (χ1n) is 6.72. The molecule has 1 fully saturated rings. The highest BCUT2D eigenvalue weighted by atomic mass is 16.5. The summed E-state index contributed by atoms with van der Waals surface area (Å²) in [4.78, 5) is 0. The molecule has 0 saturated heterocycles. The van der Waals surface area contributed by atoms with E-state index in [9.17, 15) is 0 Å². The number of methoxy groups -OCH3 is 2. The Morgan fingerprint density at radius 2 is 2.11 bits per heavy atom. The molecular formula is C13H24N4O2. The van der Waals surface area contributed by atoms with Crippen molar-refractivity contribution in [2.24, 2.45) is 5.84 Å². The summed E-state index contributed by atoms with van der Waals surface area (Å²) in [6.45, 7) is 4.17. The van der Waals surface area contributed by atoms with Crippen molar-refractivity contribution in [2.75, 3.05) is 14.2 Å². The highest BCUT2D eigenvalue weighted by molar-refractivity contribution is 5.31. The van der Waals surface area contributed by atoms with Crippen LogP contribution < -0.4 is 16.0 Å². The topological polar surface area (TPSA) is 74.3 Å². The Bertz CT molecular complexity index is 421. The number of hydrogen-bond donors (Lipinski definition) is 2. The van der Waals surface area contributed by atoms with Crippen LogP contribution >= 0.6 is 0 Å². The molecule has 0 bridgehead atoms. The van der Waals surface area contributed by atoms with Crippen molar-refractivity contribution in [2.45, 2.75) is 50.8 Å². The Kier molecular flexibility index (Phi) is 4.13. The molecule has 19 heavy (non-hydrogen) atoms. The fourth-order valence-corrected chi connectivity index (χ4v) is 2.82. The molecule has 1 aromatic rings. The van der Waals surface area contributed by atoms with Gasteiger partial charge in [-0.15, -0.1) is 0 Å². The fourth-order valence-electron chi connectivity index (χ4n) is 2.82. The summed E-state index contributed by atoms with van der Waals surface area (Å²) in [7, 11) is 3.39. The van der Waals surface area contributed by atoms with Gasteiger partial charge in [0.1, 0.15) is 5.69 Å². The van der Waals surface area contributed by atoms with E-state index < -0.39 is 0 Å². The van der Waals surface area contributed by atoms with Gasteiger partial charge in [-0.05, 0) is 33.1 Å². The first-order chi connectivity index (χ1) is 9.09. The predicted octanol–water partition coefficient (Wildman–Crippen LogP) is 1.55. The van der Waals surface area contributed by atoms with Crippen LogP contribution in [0.4, 0.5) is 0 Å². The van der Waals surface area contributed by atoms with E-state index in [1.54, 1.807) is 20.4 Å². The van der Waals surface area contributed by atoms with Crippen molar-refractivity contribution in [1.82, 2.24) is 15.2 Å². The largest absolute Gasteiger partial charge is 0.493 e. The number of nitrogens with two attached hydrogens (primary N) is 1. The minimum atomic E-state index is -0.255. The van der Waals surface area contributed by atoms with Gasteiger partial charge in [-0.2, -0.15) is 5.10 Å². The number of hydrogen-bond acceptors (Lipinski definition) is 5. The van der Waals surface area contributed by atoms with Crippen LogP contribution in [0.5, 0.6) is 5.75 Å². The van der Waals surface area contributed by atoms with Gasteiger partial charge >= 0.3 is 0 Å². The highest BCUT2D eigenvalue weighted by Gasteiger charge is 2.47. The molecule has 6 heteroatoms. The fraction of sp³-hybridized carbons (Fsp3) is 0.769. The molecule has 6 nitrogen and oxygen atoms in total. The smallest absolute Gasteiger partial charge is 0.161 e. The van der Waals surface area contributed by atoms with Gasteiger partial charge < -0.3 is 9.47 Å². The van der Waals surface area contributed by atoms with Gasteiger partial charge in [0.25, 0.3) is 0 Å². The second-order valence-electron chi connectivity index (χ2n) is 5.36. The Balaban J connectivity index is 2.44. The molecule has 0 aromatic carbocycles. The summed E-state index contributed by atoms with van der Waals surface area (Å²) >= 11 is 0. The number of hydrazine groups is 1. The van der Waals surface area contributed by atoms with Gasteiger partial charge in [0.15, 0.2) is 5.75 Å². The lowest BCUT2D eigenvalue weighted by molar-refractivity contribution is -0.102. The third kappa shape index (κ3) is 2.24. The molecule has 1 aromatic heterocycles. The molecule has 0 amide bonds. The first kappa shape index (κ1) is 14.3. The van der Waals surface area contributed by atoms with E-state index in [1.807, 2.05) is 4.68 Å². The van der Waals surface area contributed by atoms with Gasteiger partial charge in [-0.1, -0.05) is 0 Å². The van der Waals surface area contributed by atoms with Crippen LogP contribution in [0, 0.1) is 0 Å². The summed E-state index contributed by atoms with van der Waals surface area (Å²) in [6.07, 6.45) is 4.88. The van der Waals surface area contributed by atoms with Crippen LogP contribution in [0.25, 0.3) is 0 Å². The summed E-state index contributed by atoms with van der Waals surface area (Å²) < 4.78 is 13.1. The lowest BCUT2D eigenvalue weighted by Crippen LogP contribution is -2.53. The minimum absolute atomic E-state index is 0.119. The lowest BCUT2D eigenvalue weighted by atomic mass is 9.73. The molecule has 0 spiro atoms. The van der Waals surface area contributed by atoms with Gasteiger partial charge in [-0.25, -0.2) is 5.43 Å². The molecule has 0 radical (unpaired) electrons. The SMILES string of the molecule is COc1cnn(C(C)C)c1C(NN)C1(OC)CCC1. The first-order valence-corrected chi connectivity index (χ1v) is 6.72. The van der Waals surface area contributed by atoms with Crippen molar-refractivity contribution >= 4 is 0 Å². The predicted molar refractivity (Wildman–Crippen MR) is 72.8 cm³/mol. The van der Waals surface area contributed by atoms with Crippen LogP contribution in [-0.2, 0) is 4.74 Å². The van der Waals surface area contributed by atoms with Crippen LogP contribution in [0.2, 0.25) is 0 Å². The number of nitrogens with zero attached hydrogens (tertiary/aromatic N) is 2. The Hall–Kier alpha value is -1.11. The summed E-state index contributed by atoms with van der Waals surface area (Å²) in [6, 6.07) is 0.120. The van der Waals surface area contributed by atoms with Crippen molar-refractivity contribution < 1.29 is 9.47 Å². The highest BCUT2D eigenvalue weighted by Crippen LogP contribution is 2.46. The summed E-state index contributed by atoms with van der Waals surface area (Å²) in [5.41, 5.74) is 3.61. The number of ether oxygens (including phenoxy) is 2. The monoisotopic (exact) mass is 268 g/mol. The minimum Gasteiger partial charge on any atom is -0.493 e. The van der Waals surface area contributed by atoms with E-state index in [4.69, 9.17) is 15.3 Å². The summed E-state index contributed by atoms with van der Waals surface area (Å²) in [5, 5.41) is 4.40. The number of nitrogens with one attached hydrogen (secondary N) is 1. The van der Waals surface area contributed by atoms with Crippen molar-refractivity contribution in [3.05, 3.63) is 11.9 Å². The maximum absolute atomic E-state index is 5.80. The van der Waals surface area contributed by atoms with Gasteiger partial charge in [0.05, 0.1) is 24.9 Å². The number of rotatable bonds is 6. The van der Waals surface area contributed by atoms with Gasteiger partial charge in [0, 0.05) is 13.2 Å². The Labute approximate surface area is 114 Å². The van der Waals surface area contributed by atoms with E-state index in [-0.39, 0.29) is 17.7 Å². The van der Waals surface area contributed by atoms with Crippen LogP contribution in [-0.4, -0.2) is 29.6 Å². The maximum Gasteiger partial charge on any atom is 0.161 e. The molecule has 1 aliphatic carbocycles. The molecule has 1 heterocycles. The Morgan fingerprint density at radius 1 is 1.42 bits per heavy atom. The van der Waals surface area contributed by atoms with E-state index in [1.165, 1.54) is 0 Å². The average Bonchev–Trinajstić information content (AvgIpc) is 2.77. The second kappa shape index (κ2) is 5.48. The zero-order valence-corrected chi connectivity index (χ0v) is 12.1. The molecule has 1 atom stereocenters. The molecule has 0 aliphatic heterocycles. The maximum atomic E-state index is 5.80. The molecule has 108 valence electrons. The van der Waals surface area contributed by atoms with Crippen LogP contribution in [0.1, 0.15) is 50.9 Å². The van der Waals surface area contributed by atoms with Crippen LogP contribution in [0.3, 0.4) is 0 Å². The molecular weight excluding hydrogens is 244 g/mol. The quantitative estimate of drug-likeness (QED) is 0.605. The standard InChI is InChI=1S/C13H24N4O2/c1-9(2)17-11(10(18-3)8-15-17)12(16-14)13(19-4)6-5-7-13/h8-9,12,16H,5-7,14H2,1-4H3. The van der Waals surface area contributed by atoms with E-state index in [0.717, 1.165) is 30.7 Å². The van der Waals surface area contributed by atoms with Gasteiger partial charge in [-0.3, -0.25) is 10.5 Å². The molecule has 3 N–H and O–H groups in total. The summed E-state index contributed by atoms with van der Waals surface area (Å²) in [5.74, 6) is 6.55. The molecule has 1 unspecified atom stereocenters. The van der Waals surface area contributed by atoms with E-state index in [2.05, 4.69) is 24.4 Å². The molecule has 1 aliphatic rings. The third-order valence-electron chi connectivity index (χ3n) is 4.08. The zero-order valence-electron chi connectivity index (χ0n) is 12.1. The third-order valence-corrected chi connectivity index (χ3v) is 4.08. The van der Waals surface area contributed by atoms with Crippen LogP contribution in [0.15, 0.2) is 6.20 Å². The van der Waals surface area contributed by atoms with Crippen molar-refractivity contribution in [1.29, 1.82) is 0 Å².